The van der Waals surface area contributed by atoms with Crippen molar-refractivity contribution in [3.63, 3.8) is 0 Å². The second-order valence-electron chi connectivity index (χ2n) is 5.63. The van der Waals surface area contributed by atoms with Gasteiger partial charge in [-0.1, -0.05) is 18.2 Å². The second kappa shape index (κ2) is 8.28. The highest BCUT2D eigenvalue weighted by Crippen LogP contribution is 2.28. The van der Waals surface area contributed by atoms with E-state index >= 15 is 0 Å². The molecule has 8 nitrogen and oxygen atoms in total. The molecule has 0 aliphatic carbocycles. The number of benzene rings is 1. The van der Waals surface area contributed by atoms with Crippen LogP contribution < -0.4 is 9.47 Å². The summed E-state index contributed by atoms with van der Waals surface area (Å²) in [6.45, 7) is 2.51. The zero-order valence-corrected chi connectivity index (χ0v) is 14.4. The monoisotopic (exact) mass is 333 g/mol. The Balaban J connectivity index is 1.88. The third kappa shape index (κ3) is 4.43. The molecule has 1 amide bonds. The number of aromatic nitrogens is 4. The zero-order chi connectivity index (χ0) is 17.5. The van der Waals surface area contributed by atoms with Crippen LogP contribution in [0.2, 0.25) is 0 Å². The Hall–Kier alpha value is -2.64. The van der Waals surface area contributed by atoms with Crippen LogP contribution in [-0.2, 0) is 11.2 Å². The molecular formula is C16H23N5O3. The fourth-order valence-corrected chi connectivity index (χ4v) is 2.45. The SMILES string of the molecule is COc1ccc(CCC(=O)N(C)CC(C)c2nn[nH]n2)cc1OC. The van der Waals surface area contributed by atoms with Gasteiger partial charge in [0, 0.05) is 25.9 Å². The van der Waals surface area contributed by atoms with Gasteiger partial charge in [0.1, 0.15) is 0 Å². The van der Waals surface area contributed by atoms with Crippen LogP contribution in [0.25, 0.3) is 0 Å². The van der Waals surface area contributed by atoms with Crippen LogP contribution in [0.4, 0.5) is 0 Å². The van der Waals surface area contributed by atoms with Gasteiger partial charge in [0.2, 0.25) is 5.91 Å². The van der Waals surface area contributed by atoms with E-state index in [0.29, 0.717) is 36.7 Å². The number of carbonyl (C=O) groups excluding carboxylic acids is 1. The lowest BCUT2D eigenvalue weighted by atomic mass is 10.1. The third-order valence-electron chi connectivity index (χ3n) is 3.85. The van der Waals surface area contributed by atoms with E-state index in [4.69, 9.17) is 9.47 Å². The maximum atomic E-state index is 12.3. The van der Waals surface area contributed by atoms with Gasteiger partial charge >= 0.3 is 0 Å². The summed E-state index contributed by atoms with van der Waals surface area (Å²) in [4.78, 5) is 14.0. The predicted molar refractivity (Wildman–Crippen MR) is 88.1 cm³/mol. The first-order valence-corrected chi connectivity index (χ1v) is 7.73. The minimum atomic E-state index is 0.0266. The second-order valence-corrected chi connectivity index (χ2v) is 5.63. The zero-order valence-electron chi connectivity index (χ0n) is 14.4. The number of hydrogen-bond acceptors (Lipinski definition) is 6. The van der Waals surface area contributed by atoms with Crippen molar-refractivity contribution in [2.75, 3.05) is 27.8 Å². The molecule has 0 aliphatic rings. The maximum Gasteiger partial charge on any atom is 0.222 e. The molecule has 1 heterocycles. The maximum absolute atomic E-state index is 12.3. The fourth-order valence-electron chi connectivity index (χ4n) is 2.45. The largest absolute Gasteiger partial charge is 0.493 e. The van der Waals surface area contributed by atoms with Crippen LogP contribution in [0, 0.1) is 0 Å². The van der Waals surface area contributed by atoms with Gasteiger partial charge in [-0.25, -0.2) is 0 Å². The van der Waals surface area contributed by atoms with E-state index in [0.717, 1.165) is 5.56 Å². The number of methoxy groups -OCH3 is 2. The van der Waals surface area contributed by atoms with Gasteiger partial charge in [0.05, 0.1) is 14.2 Å². The fraction of sp³-hybridized carbons (Fsp3) is 0.500. The number of aryl methyl sites for hydroxylation is 1. The number of nitrogens with one attached hydrogen (secondary N) is 1. The lowest BCUT2D eigenvalue weighted by molar-refractivity contribution is -0.130. The van der Waals surface area contributed by atoms with Crippen LogP contribution in [0.15, 0.2) is 18.2 Å². The summed E-state index contributed by atoms with van der Waals surface area (Å²) in [7, 11) is 4.98. The van der Waals surface area contributed by atoms with E-state index in [9.17, 15) is 4.79 Å². The molecule has 0 spiro atoms. The Morgan fingerprint density at radius 3 is 2.67 bits per heavy atom. The van der Waals surface area contributed by atoms with Gasteiger partial charge in [-0.3, -0.25) is 4.79 Å². The van der Waals surface area contributed by atoms with Crippen molar-refractivity contribution in [2.45, 2.75) is 25.7 Å². The number of nitrogens with zero attached hydrogens (tertiary/aromatic N) is 4. The minimum absolute atomic E-state index is 0.0266. The Kier molecular flexibility index (Phi) is 6.11. The van der Waals surface area contributed by atoms with Crippen molar-refractivity contribution in [3.05, 3.63) is 29.6 Å². The van der Waals surface area contributed by atoms with Crippen molar-refractivity contribution in [1.29, 1.82) is 0 Å². The molecule has 1 aromatic carbocycles. The van der Waals surface area contributed by atoms with Crippen LogP contribution in [0.5, 0.6) is 11.5 Å². The number of amides is 1. The average Bonchev–Trinajstić information content (AvgIpc) is 3.13. The van der Waals surface area contributed by atoms with Gasteiger partial charge in [0.25, 0.3) is 0 Å². The summed E-state index contributed by atoms with van der Waals surface area (Å²) in [5.41, 5.74) is 1.03. The van der Waals surface area contributed by atoms with E-state index in [2.05, 4.69) is 20.6 Å². The Morgan fingerprint density at radius 2 is 2.04 bits per heavy atom. The number of aromatic amines is 1. The van der Waals surface area contributed by atoms with Crippen molar-refractivity contribution in [2.24, 2.45) is 0 Å². The van der Waals surface area contributed by atoms with Gasteiger partial charge in [-0.15, -0.1) is 10.2 Å². The van der Waals surface area contributed by atoms with Crippen LogP contribution in [-0.4, -0.2) is 59.2 Å². The first-order chi connectivity index (χ1) is 11.5. The van der Waals surface area contributed by atoms with Crippen molar-refractivity contribution >= 4 is 5.91 Å². The minimum Gasteiger partial charge on any atom is -0.493 e. The van der Waals surface area contributed by atoms with Crippen LogP contribution in [0.1, 0.15) is 30.7 Å². The molecule has 0 aliphatic heterocycles. The van der Waals surface area contributed by atoms with Gasteiger partial charge in [-0.05, 0) is 24.1 Å². The normalized spacial score (nSPS) is 11.8. The van der Waals surface area contributed by atoms with E-state index in [1.54, 1.807) is 26.2 Å². The number of hydrogen-bond donors (Lipinski definition) is 1. The lowest BCUT2D eigenvalue weighted by Gasteiger charge is -2.20. The molecule has 1 unspecified atom stereocenters. The summed E-state index contributed by atoms with van der Waals surface area (Å²) in [6.07, 6.45) is 1.06. The molecule has 0 saturated heterocycles. The lowest BCUT2D eigenvalue weighted by Crippen LogP contribution is -2.30. The molecule has 1 aromatic heterocycles. The predicted octanol–water partition coefficient (Wildman–Crippen LogP) is 1.41. The highest BCUT2D eigenvalue weighted by molar-refractivity contribution is 5.76. The molecule has 8 heteroatoms. The molecule has 2 rings (SSSR count). The summed E-state index contributed by atoms with van der Waals surface area (Å²) in [6, 6.07) is 5.69. The Morgan fingerprint density at radius 1 is 1.29 bits per heavy atom. The molecule has 0 radical (unpaired) electrons. The topological polar surface area (TPSA) is 93.2 Å². The number of tetrazole rings is 1. The van der Waals surface area contributed by atoms with E-state index in [-0.39, 0.29) is 11.8 Å². The Bertz CT molecular complexity index is 660. The van der Waals surface area contributed by atoms with E-state index in [1.165, 1.54) is 0 Å². The first-order valence-electron chi connectivity index (χ1n) is 7.73. The molecule has 1 atom stereocenters. The average molecular weight is 333 g/mol. The van der Waals surface area contributed by atoms with E-state index in [1.807, 2.05) is 25.1 Å². The van der Waals surface area contributed by atoms with Gasteiger partial charge < -0.3 is 14.4 Å². The quantitative estimate of drug-likeness (QED) is 0.785. The van der Waals surface area contributed by atoms with Crippen LogP contribution in [0.3, 0.4) is 0 Å². The van der Waals surface area contributed by atoms with Crippen molar-refractivity contribution < 1.29 is 14.3 Å². The number of rotatable bonds is 8. The van der Waals surface area contributed by atoms with Crippen LogP contribution >= 0.6 is 0 Å². The highest BCUT2D eigenvalue weighted by atomic mass is 16.5. The Labute approximate surface area is 141 Å². The smallest absolute Gasteiger partial charge is 0.222 e. The molecule has 130 valence electrons. The summed E-state index contributed by atoms with van der Waals surface area (Å²) in [5.74, 6) is 2.05. The number of likely N-dealkylation sites (N-methyl/N-ethyl adjacent to an activating group) is 1. The highest BCUT2D eigenvalue weighted by Gasteiger charge is 2.17. The number of ether oxygens (including phenoxy) is 2. The number of H-pyrrole nitrogens is 1. The standard InChI is InChI=1S/C16H23N5O3/c1-11(16-17-19-20-18-16)10-21(2)15(22)8-6-12-5-7-13(23-3)14(9-12)24-4/h5,7,9,11H,6,8,10H2,1-4H3,(H,17,18,19,20). The number of carbonyl (C=O) groups is 1. The molecule has 0 bridgehead atoms. The molecular weight excluding hydrogens is 310 g/mol. The molecule has 2 aromatic rings. The van der Waals surface area contributed by atoms with Crippen molar-refractivity contribution in [3.8, 4) is 11.5 Å². The van der Waals surface area contributed by atoms with Gasteiger partial charge in [0.15, 0.2) is 17.3 Å². The summed E-state index contributed by atoms with van der Waals surface area (Å²) < 4.78 is 10.5. The molecule has 0 saturated carbocycles. The third-order valence-corrected chi connectivity index (χ3v) is 3.85. The summed E-state index contributed by atoms with van der Waals surface area (Å²) in [5, 5.41) is 13.9. The molecule has 24 heavy (non-hydrogen) atoms. The molecule has 0 fully saturated rings. The van der Waals surface area contributed by atoms with E-state index < -0.39 is 0 Å². The molecule has 1 N–H and O–H groups in total. The summed E-state index contributed by atoms with van der Waals surface area (Å²) >= 11 is 0. The van der Waals surface area contributed by atoms with Crippen molar-refractivity contribution in [1.82, 2.24) is 25.5 Å². The first kappa shape index (κ1) is 17.7. The van der Waals surface area contributed by atoms with Gasteiger partial charge in [-0.2, -0.15) is 5.21 Å².